The number of hydrogen-bond donors (Lipinski definition) is 1. The molecule has 1 rings (SSSR count). The topological polar surface area (TPSA) is 46.5 Å². The van der Waals surface area contributed by atoms with Crippen LogP contribution >= 0.6 is 0 Å². The molecule has 0 aromatic rings. The lowest BCUT2D eigenvalue weighted by molar-refractivity contribution is -0.198. The number of rotatable bonds is 3. The normalized spacial score (nSPS) is 30.6. The minimum Gasteiger partial charge on any atom is -0.479 e. The lowest BCUT2D eigenvalue weighted by Crippen LogP contribution is -2.55. The molecule has 0 amide bonds. The van der Waals surface area contributed by atoms with Crippen LogP contribution in [0.3, 0.4) is 0 Å². The van der Waals surface area contributed by atoms with Crippen molar-refractivity contribution in [1.29, 1.82) is 0 Å². The van der Waals surface area contributed by atoms with Gasteiger partial charge in [0.1, 0.15) is 0 Å². The summed E-state index contributed by atoms with van der Waals surface area (Å²) in [5.41, 5.74) is -1.02. The molecular weight excluding hydrogens is 216 g/mol. The molecule has 17 heavy (non-hydrogen) atoms. The van der Waals surface area contributed by atoms with Crippen LogP contribution in [-0.4, -0.2) is 22.8 Å². The standard InChI is InChI=1S/C14H26O3/c1-10(2)17-14(12(15)16)9-7-6-8-11(14)13(3,4)5/h10-11H,6-9H2,1-5H3,(H,15,16). The lowest BCUT2D eigenvalue weighted by Gasteiger charge is -2.47. The van der Waals surface area contributed by atoms with Crippen molar-refractivity contribution in [3.8, 4) is 0 Å². The van der Waals surface area contributed by atoms with Gasteiger partial charge in [0.05, 0.1) is 6.10 Å². The Kier molecular flexibility index (Phi) is 4.23. The average Bonchev–Trinajstić information content (AvgIpc) is 2.15. The van der Waals surface area contributed by atoms with E-state index in [4.69, 9.17) is 4.74 Å². The highest BCUT2D eigenvalue weighted by Gasteiger charge is 2.53. The molecule has 3 heteroatoms. The van der Waals surface area contributed by atoms with Crippen molar-refractivity contribution >= 4 is 5.97 Å². The minimum absolute atomic E-state index is 0.0340. The predicted molar refractivity (Wildman–Crippen MR) is 68.0 cm³/mol. The van der Waals surface area contributed by atoms with E-state index in [0.29, 0.717) is 6.42 Å². The minimum atomic E-state index is -0.981. The Labute approximate surface area is 105 Å². The number of ether oxygens (including phenoxy) is 1. The third-order valence-electron chi connectivity index (χ3n) is 3.71. The van der Waals surface area contributed by atoms with Gasteiger partial charge in [-0.15, -0.1) is 0 Å². The Balaban J connectivity index is 3.09. The first-order chi connectivity index (χ1) is 7.70. The van der Waals surface area contributed by atoms with E-state index in [2.05, 4.69) is 20.8 Å². The van der Waals surface area contributed by atoms with E-state index in [-0.39, 0.29) is 17.4 Å². The third-order valence-corrected chi connectivity index (χ3v) is 3.71. The summed E-state index contributed by atoms with van der Waals surface area (Å²) in [6, 6.07) is 0. The van der Waals surface area contributed by atoms with Crippen LogP contribution in [0.1, 0.15) is 60.3 Å². The lowest BCUT2D eigenvalue weighted by atomic mass is 9.63. The predicted octanol–water partition coefficient (Wildman–Crippen LogP) is 3.47. The molecule has 3 nitrogen and oxygen atoms in total. The van der Waals surface area contributed by atoms with Gasteiger partial charge in [-0.25, -0.2) is 4.79 Å². The van der Waals surface area contributed by atoms with Crippen molar-refractivity contribution in [3.05, 3.63) is 0 Å². The van der Waals surface area contributed by atoms with Crippen LogP contribution in [0, 0.1) is 11.3 Å². The summed E-state index contributed by atoms with van der Waals surface area (Å²) in [6.45, 7) is 10.2. The summed E-state index contributed by atoms with van der Waals surface area (Å²) in [5.74, 6) is -0.700. The molecule has 0 heterocycles. The van der Waals surface area contributed by atoms with Crippen LogP contribution in [-0.2, 0) is 9.53 Å². The first-order valence-electron chi connectivity index (χ1n) is 6.61. The van der Waals surface area contributed by atoms with Crippen molar-refractivity contribution in [2.24, 2.45) is 11.3 Å². The first-order valence-corrected chi connectivity index (χ1v) is 6.61. The molecule has 0 radical (unpaired) electrons. The maximum atomic E-state index is 11.7. The van der Waals surface area contributed by atoms with Crippen molar-refractivity contribution in [3.63, 3.8) is 0 Å². The van der Waals surface area contributed by atoms with Crippen molar-refractivity contribution < 1.29 is 14.6 Å². The molecule has 1 aliphatic rings. The van der Waals surface area contributed by atoms with Crippen molar-refractivity contribution in [2.75, 3.05) is 0 Å². The average molecular weight is 242 g/mol. The van der Waals surface area contributed by atoms with E-state index in [9.17, 15) is 9.90 Å². The van der Waals surface area contributed by atoms with Crippen LogP contribution in [0.15, 0.2) is 0 Å². The van der Waals surface area contributed by atoms with Gasteiger partial charge in [0.2, 0.25) is 0 Å². The zero-order chi connectivity index (χ0) is 13.3. The summed E-state index contributed by atoms with van der Waals surface area (Å²) in [6.07, 6.45) is 3.60. The summed E-state index contributed by atoms with van der Waals surface area (Å²) in [7, 11) is 0. The van der Waals surface area contributed by atoms with Crippen molar-refractivity contribution in [2.45, 2.75) is 72.0 Å². The van der Waals surface area contributed by atoms with Crippen LogP contribution < -0.4 is 0 Å². The van der Waals surface area contributed by atoms with Crippen LogP contribution in [0.4, 0.5) is 0 Å². The number of carboxylic acids is 1. The SMILES string of the molecule is CC(C)OC1(C(=O)O)CCCCC1C(C)(C)C. The summed E-state index contributed by atoms with van der Waals surface area (Å²) >= 11 is 0. The molecule has 0 aromatic heterocycles. The third kappa shape index (κ3) is 3.01. The fourth-order valence-corrected chi connectivity index (χ4v) is 3.14. The fraction of sp³-hybridized carbons (Fsp3) is 0.929. The number of carboxylic acid groups (broad SMARTS) is 1. The monoisotopic (exact) mass is 242 g/mol. The molecule has 1 N–H and O–H groups in total. The Morgan fingerprint density at radius 1 is 1.35 bits per heavy atom. The van der Waals surface area contributed by atoms with Crippen molar-refractivity contribution in [1.82, 2.24) is 0 Å². The molecule has 0 aromatic carbocycles. The molecule has 0 saturated heterocycles. The van der Waals surface area contributed by atoms with E-state index in [1.165, 1.54) is 0 Å². The Hall–Kier alpha value is -0.570. The summed E-state index contributed by atoms with van der Waals surface area (Å²) in [4.78, 5) is 11.7. The second kappa shape index (κ2) is 4.97. The maximum Gasteiger partial charge on any atom is 0.336 e. The summed E-state index contributed by atoms with van der Waals surface area (Å²) in [5, 5.41) is 9.65. The molecule has 1 aliphatic carbocycles. The summed E-state index contributed by atoms with van der Waals surface area (Å²) < 4.78 is 5.88. The molecule has 100 valence electrons. The zero-order valence-corrected chi connectivity index (χ0v) is 11.7. The van der Waals surface area contributed by atoms with Gasteiger partial charge in [0.25, 0.3) is 0 Å². The highest BCUT2D eigenvalue weighted by Crippen LogP contribution is 2.47. The van der Waals surface area contributed by atoms with Crippen LogP contribution in [0.25, 0.3) is 0 Å². The first kappa shape index (κ1) is 14.5. The molecule has 1 saturated carbocycles. The highest BCUT2D eigenvalue weighted by molar-refractivity contribution is 5.78. The quantitative estimate of drug-likeness (QED) is 0.824. The van der Waals surface area contributed by atoms with E-state index in [1.54, 1.807) is 0 Å². The molecule has 2 unspecified atom stereocenters. The second-order valence-electron chi connectivity index (χ2n) is 6.53. The van der Waals surface area contributed by atoms with Crippen LogP contribution in [0.5, 0.6) is 0 Å². The zero-order valence-electron chi connectivity index (χ0n) is 11.7. The van der Waals surface area contributed by atoms with E-state index in [0.717, 1.165) is 19.3 Å². The van der Waals surface area contributed by atoms with Gasteiger partial charge in [0, 0.05) is 5.92 Å². The molecule has 0 bridgehead atoms. The van der Waals surface area contributed by atoms with Gasteiger partial charge in [-0.2, -0.15) is 0 Å². The molecule has 0 spiro atoms. The number of aliphatic carboxylic acids is 1. The van der Waals surface area contributed by atoms with Gasteiger partial charge in [-0.1, -0.05) is 27.2 Å². The number of carbonyl (C=O) groups is 1. The molecule has 0 aliphatic heterocycles. The molecular formula is C14H26O3. The Morgan fingerprint density at radius 3 is 2.35 bits per heavy atom. The Bertz CT molecular complexity index is 278. The molecule has 2 atom stereocenters. The van der Waals surface area contributed by atoms with Crippen LogP contribution in [0.2, 0.25) is 0 Å². The van der Waals surface area contributed by atoms with Gasteiger partial charge >= 0.3 is 5.97 Å². The number of hydrogen-bond acceptors (Lipinski definition) is 2. The van der Waals surface area contributed by atoms with E-state index < -0.39 is 11.6 Å². The fourth-order valence-electron chi connectivity index (χ4n) is 3.14. The molecule has 1 fully saturated rings. The van der Waals surface area contributed by atoms with E-state index >= 15 is 0 Å². The Morgan fingerprint density at radius 2 is 1.94 bits per heavy atom. The highest BCUT2D eigenvalue weighted by atomic mass is 16.5. The maximum absolute atomic E-state index is 11.7. The van der Waals surface area contributed by atoms with Gasteiger partial charge in [-0.3, -0.25) is 0 Å². The van der Waals surface area contributed by atoms with Gasteiger partial charge < -0.3 is 9.84 Å². The van der Waals surface area contributed by atoms with Gasteiger partial charge in [0.15, 0.2) is 5.60 Å². The second-order valence-corrected chi connectivity index (χ2v) is 6.53. The van der Waals surface area contributed by atoms with Gasteiger partial charge in [-0.05, 0) is 38.5 Å². The largest absolute Gasteiger partial charge is 0.479 e. The smallest absolute Gasteiger partial charge is 0.336 e. The van der Waals surface area contributed by atoms with E-state index in [1.807, 2.05) is 13.8 Å².